The summed E-state index contributed by atoms with van der Waals surface area (Å²) in [6.07, 6.45) is -2.70. The number of aliphatic hydroxyl groups is 2. The number of nitrogens with one attached hydrogen (secondary N) is 1. The molecule has 0 spiro atoms. The van der Waals surface area contributed by atoms with Crippen LogP contribution in [0.25, 0.3) is 0 Å². The highest BCUT2D eigenvalue weighted by Crippen LogP contribution is 2.08. The van der Waals surface area contributed by atoms with E-state index in [1.54, 1.807) is 0 Å². The van der Waals surface area contributed by atoms with Crippen molar-refractivity contribution in [2.75, 3.05) is 13.1 Å². The van der Waals surface area contributed by atoms with E-state index in [1.165, 1.54) is 0 Å². The Bertz CT molecular complexity index is 307. The minimum absolute atomic E-state index is 0.140. The second kappa shape index (κ2) is 8.40. The van der Waals surface area contributed by atoms with Gasteiger partial charge in [0.05, 0.1) is 5.92 Å². The number of hydrogen-bond donors (Lipinski definition) is 6. The third-order valence-corrected chi connectivity index (χ3v) is 2.45. The van der Waals surface area contributed by atoms with Crippen molar-refractivity contribution in [3.63, 3.8) is 0 Å². The molecule has 19 heavy (non-hydrogen) atoms. The van der Waals surface area contributed by atoms with Crippen LogP contribution in [0.5, 0.6) is 0 Å². The van der Waals surface area contributed by atoms with Crippen LogP contribution in [0.4, 0.5) is 0 Å². The molecular weight excluding hydrogens is 262 g/mol. The summed E-state index contributed by atoms with van der Waals surface area (Å²) < 4.78 is 0. The standard InChI is InChI=1S/C6H11NO2.C4H6O6/c8-6(9)5-2-1-3-7-4-5;5-1(3(7)8)2(6)4(9)10/h5,7H,1-4H2,(H,8,9);1-2,5-6H,(H,7,8)(H,9,10)/t5-;/m1./s1. The van der Waals surface area contributed by atoms with E-state index < -0.39 is 30.1 Å². The third kappa shape index (κ3) is 6.70. The van der Waals surface area contributed by atoms with E-state index in [0.29, 0.717) is 6.54 Å². The van der Waals surface area contributed by atoms with Crippen molar-refractivity contribution in [3.05, 3.63) is 0 Å². The van der Waals surface area contributed by atoms with Crippen molar-refractivity contribution < 1.29 is 39.9 Å². The van der Waals surface area contributed by atoms with E-state index in [9.17, 15) is 14.4 Å². The van der Waals surface area contributed by atoms with Crippen LogP contribution in [-0.2, 0) is 14.4 Å². The van der Waals surface area contributed by atoms with Gasteiger partial charge >= 0.3 is 17.9 Å². The summed E-state index contributed by atoms with van der Waals surface area (Å²) in [6, 6.07) is 0. The Morgan fingerprint density at radius 3 is 1.68 bits per heavy atom. The summed E-state index contributed by atoms with van der Waals surface area (Å²) in [5.41, 5.74) is 0. The van der Waals surface area contributed by atoms with Gasteiger partial charge in [0.1, 0.15) is 0 Å². The highest BCUT2D eigenvalue weighted by molar-refractivity contribution is 5.83. The zero-order valence-corrected chi connectivity index (χ0v) is 10.0. The van der Waals surface area contributed by atoms with Crippen molar-refractivity contribution >= 4 is 17.9 Å². The smallest absolute Gasteiger partial charge is 0.335 e. The summed E-state index contributed by atoms with van der Waals surface area (Å²) in [5, 5.41) is 44.1. The molecule has 2 unspecified atom stereocenters. The SMILES string of the molecule is O=C(O)C(O)C(O)C(=O)O.O=C(O)[C@@H]1CCCNC1. The Morgan fingerprint density at radius 1 is 1.00 bits per heavy atom. The molecule has 0 aromatic carbocycles. The molecule has 0 radical (unpaired) electrons. The van der Waals surface area contributed by atoms with Gasteiger partial charge in [-0.05, 0) is 19.4 Å². The largest absolute Gasteiger partial charge is 0.481 e. The second-order valence-electron chi connectivity index (χ2n) is 3.95. The second-order valence-corrected chi connectivity index (χ2v) is 3.95. The summed E-state index contributed by atoms with van der Waals surface area (Å²) in [6.45, 7) is 1.62. The van der Waals surface area contributed by atoms with Gasteiger partial charge in [-0.15, -0.1) is 0 Å². The zero-order valence-electron chi connectivity index (χ0n) is 10.0. The summed E-state index contributed by atoms with van der Waals surface area (Å²) in [5.74, 6) is -4.34. The van der Waals surface area contributed by atoms with Gasteiger partial charge in [0.2, 0.25) is 0 Å². The van der Waals surface area contributed by atoms with Crippen LogP contribution in [0, 0.1) is 5.92 Å². The number of carbonyl (C=O) groups is 3. The number of piperidine rings is 1. The molecular formula is C10H17NO8. The fraction of sp³-hybridized carbons (Fsp3) is 0.700. The number of aliphatic hydroxyl groups excluding tert-OH is 2. The third-order valence-electron chi connectivity index (χ3n) is 2.45. The highest BCUT2D eigenvalue weighted by Gasteiger charge is 2.29. The van der Waals surface area contributed by atoms with Gasteiger partial charge in [0.15, 0.2) is 12.2 Å². The molecule has 1 heterocycles. The van der Waals surface area contributed by atoms with Crippen LogP contribution in [0.1, 0.15) is 12.8 Å². The minimum Gasteiger partial charge on any atom is -0.481 e. The summed E-state index contributed by atoms with van der Waals surface area (Å²) >= 11 is 0. The van der Waals surface area contributed by atoms with Crippen molar-refractivity contribution in [3.8, 4) is 0 Å². The van der Waals surface area contributed by atoms with Crippen molar-refractivity contribution in [1.82, 2.24) is 5.32 Å². The molecule has 9 heteroatoms. The maximum Gasteiger partial charge on any atom is 0.335 e. The number of aliphatic carboxylic acids is 3. The van der Waals surface area contributed by atoms with Crippen molar-refractivity contribution in [2.45, 2.75) is 25.0 Å². The molecule has 1 fully saturated rings. The lowest BCUT2D eigenvalue weighted by molar-refractivity contribution is -0.165. The van der Waals surface area contributed by atoms with Crippen molar-refractivity contribution in [1.29, 1.82) is 0 Å². The molecule has 0 bridgehead atoms. The topological polar surface area (TPSA) is 164 Å². The maximum absolute atomic E-state index is 10.3. The lowest BCUT2D eigenvalue weighted by atomic mass is 10.0. The fourth-order valence-corrected chi connectivity index (χ4v) is 1.33. The number of carboxylic acid groups (broad SMARTS) is 3. The first-order chi connectivity index (χ1) is 8.77. The fourth-order valence-electron chi connectivity index (χ4n) is 1.33. The Kier molecular flexibility index (Phi) is 7.65. The minimum atomic E-state index is -2.27. The van der Waals surface area contributed by atoms with Crippen LogP contribution >= 0.6 is 0 Å². The van der Waals surface area contributed by atoms with Crippen LogP contribution in [0.15, 0.2) is 0 Å². The number of rotatable bonds is 4. The molecule has 0 amide bonds. The molecule has 0 saturated carbocycles. The average molecular weight is 279 g/mol. The Hall–Kier alpha value is -1.71. The van der Waals surface area contributed by atoms with E-state index >= 15 is 0 Å². The van der Waals surface area contributed by atoms with E-state index in [0.717, 1.165) is 19.4 Å². The van der Waals surface area contributed by atoms with Crippen LogP contribution < -0.4 is 5.32 Å². The van der Waals surface area contributed by atoms with Gasteiger partial charge in [-0.2, -0.15) is 0 Å². The molecule has 110 valence electrons. The summed E-state index contributed by atoms with van der Waals surface area (Å²) in [7, 11) is 0. The van der Waals surface area contributed by atoms with Gasteiger partial charge in [-0.3, -0.25) is 4.79 Å². The lowest BCUT2D eigenvalue weighted by Gasteiger charge is -2.18. The molecule has 0 aromatic heterocycles. The van der Waals surface area contributed by atoms with E-state index in [2.05, 4.69) is 5.32 Å². The zero-order chi connectivity index (χ0) is 15.0. The molecule has 0 aromatic rings. The maximum atomic E-state index is 10.3. The molecule has 1 rings (SSSR count). The average Bonchev–Trinajstić information content (AvgIpc) is 2.38. The predicted molar refractivity (Wildman–Crippen MR) is 60.5 cm³/mol. The molecule has 9 nitrogen and oxygen atoms in total. The first-order valence-corrected chi connectivity index (χ1v) is 5.52. The van der Waals surface area contributed by atoms with Gasteiger partial charge in [0, 0.05) is 6.54 Å². The van der Waals surface area contributed by atoms with Crippen molar-refractivity contribution in [2.24, 2.45) is 5.92 Å². The van der Waals surface area contributed by atoms with Gasteiger partial charge in [0.25, 0.3) is 0 Å². The van der Waals surface area contributed by atoms with E-state index in [-0.39, 0.29) is 5.92 Å². The van der Waals surface area contributed by atoms with Crippen LogP contribution in [0.2, 0.25) is 0 Å². The van der Waals surface area contributed by atoms with E-state index in [4.69, 9.17) is 25.5 Å². The number of hydrogen-bond acceptors (Lipinski definition) is 6. The molecule has 3 atom stereocenters. The predicted octanol–water partition coefficient (Wildman–Crippen LogP) is -2.05. The first-order valence-electron chi connectivity index (χ1n) is 5.52. The molecule has 6 N–H and O–H groups in total. The van der Waals surface area contributed by atoms with Crippen LogP contribution in [0.3, 0.4) is 0 Å². The normalized spacial score (nSPS) is 21.5. The highest BCUT2D eigenvalue weighted by atomic mass is 16.4. The summed E-state index contributed by atoms with van der Waals surface area (Å²) in [4.78, 5) is 29.9. The van der Waals surface area contributed by atoms with Gasteiger partial charge < -0.3 is 30.8 Å². The molecule has 1 saturated heterocycles. The molecule has 0 aliphatic carbocycles. The van der Waals surface area contributed by atoms with Gasteiger partial charge in [-0.25, -0.2) is 9.59 Å². The Balaban J connectivity index is 0.000000342. The Morgan fingerprint density at radius 2 is 1.47 bits per heavy atom. The van der Waals surface area contributed by atoms with E-state index in [1.807, 2.05) is 0 Å². The Labute approximate surface area is 108 Å². The molecule has 1 aliphatic rings. The van der Waals surface area contributed by atoms with Crippen LogP contribution in [-0.4, -0.2) is 68.7 Å². The lowest BCUT2D eigenvalue weighted by Crippen LogP contribution is -2.39. The first kappa shape index (κ1) is 17.3. The van der Waals surface area contributed by atoms with Gasteiger partial charge in [-0.1, -0.05) is 0 Å². The molecule has 1 aliphatic heterocycles. The monoisotopic (exact) mass is 279 g/mol. The quantitative estimate of drug-likeness (QED) is 0.339. The number of carboxylic acids is 3.